The van der Waals surface area contributed by atoms with Gasteiger partial charge in [-0.25, -0.2) is 4.39 Å². The molecule has 1 aromatic heterocycles. The van der Waals surface area contributed by atoms with Gasteiger partial charge in [-0.05, 0) is 56.6 Å². The van der Waals surface area contributed by atoms with Crippen LogP contribution in [-0.4, -0.2) is 97.2 Å². The molecule has 1 heterocycles. The van der Waals surface area contributed by atoms with Gasteiger partial charge in [-0.2, -0.15) is 0 Å². The molecule has 0 saturated heterocycles. The first-order valence-electron chi connectivity index (χ1n) is 14.0. The maximum atomic E-state index is 14.2. The zero-order chi connectivity index (χ0) is 31.5. The van der Waals surface area contributed by atoms with Crippen LogP contribution < -0.4 is 16.0 Å². The van der Waals surface area contributed by atoms with Gasteiger partial charge < -0.3 is 30.6 Å². The lowest BCUT2D eigenvalue weighted by molar-refractivity contribution is -0.181. The van der Waals surface area contributed by atoms with Crippen molar-refractivity contribution in [2.45, 2.75) is 31.0 Å². The number of hydrogen-bond donors (Lipinski definition) is 4. The number of carbonyl (C=O) groups excluding carboxylic acids is 5. The largest absolute Gasteiger partial charge is 0.506 e. The molecule has 3 aliphatic rings. The van der Waals surface area contributed by atoms with Gasteiger partial charge in [0.1, 0.15) is 23.9 Å². The van der Waals surface area contributed by atoms with Crippen molar-refractivity contribution >= 4 is 34.7 Å². The highest BCUT2D eigenvalue weighted by atomic mass is 19.1. The Morgan fingerprint density at radius 3 is 2.47 bits per heavy atom. The fraction of sp³-hybridized carbons (Fsp3) is 0.500. The van der Waals surface area contributed by atoms with Crippen LogP contribution in [-0.2, 0) is 32.1 Å². The van der Waals surface area contributed by atoms with Gasteiger partial charge in [0.15, 0.2) is 34.7 Å². The highest BCUT2D eigenvalue weighted by Crippen LogP contribution is 2.53. The molecule has 13 heteroatoms. The molecule has 2 unspecified atom stereocenters. The molecule has 3 aliphatic carbocycles. The molecule has 2 fully saturated rings. The van der Waals surface area contributed by atoms with Crippen molar-refractivity contribution in [3.05, 3.63) is 35.1 Å². The van der Waals surface area contributed by atoms with E-state index in [-0.39, 0.29) is 42.8 Å². The van der Waals surface area contributed by atoms with Crippen LogP contribution in [0.15, 0.2) is 22.6 Å². The van der Waals surface area contributed by atoms with Crippen molar-refractivity contribution in [1.82, 2.24) is 10.2 Å². The van der Waals surface area contributed by atoms with E-state index in [1.54, 1.807) is 37.2 Å². The number of anilines is 1. The lowest BCUT2D eigenvalue weighted by Gasteiger charge is -2.52. The monoisotopic (exact) mass is 598 g/mol. The molecule has 230 valence electrons. The third-order valence-electron chi connectivity index (χ3n) is 9.02. The summed E-state index contributed by atoms with van der Waals surface area (Å²) in [5, 5.41) is 26.1. The number of primary amides is 1. The van der Waals surface area contributed by atoms with Gasteiger partial charge in [0.2, 0.25) is 5.91 Å². The molecule has 1 aromatic carbocycles. The molecule has 5 rings (SSSR count). The van der Waals surface area contributed by atoms with Crippen LogP contribution in [0.25, 0.3) is 11.3 Å². The number of likely N-dealkylation sites (N-methyl/N-ethyl adjacent to an activating group) is 1. The molecule has 2 aromatic rings. The van der Waals surface area contributed by atoms with Crippen LogP contribution in [0.2, 0.25) is 0 Å². The van der Waals surface area contributed by atoms with E-state index < -0.39 is 76.8 Å². The third-order valence-corrected chi connectivity index (χ3v) is 9.02. The first kappa shape index (κ1) is 30.5. The summed E-state index contributed by atoms with van der Waals surface area (Å²) in [4.78, 5) is 70.4. The van der Waals surface area contributed by atoms with Crippen LogP contribution >= 0.6 is 0 Å². The highest BCUT2D eigenvalue weighted by Gasteiger charge is 2.69. The average Bonchev–Trinajstić information content (AvgIpc) is 3.39. The summed E-state index contributed by atoms with van der Waals surface area (Å²) in [6.07, 6.45) is 0.108. The van der Waals surface area contributed by atoms with Crippen molar-refractivity contribution in [2.24, 2.45) is 29.4 Å². The Morgan fingerprint density at radius 1 is 1.16 bits per heavy atom. The number of benzene rings is 1. The predicted octanol–water partition coefficient (Wildman–Crippen LogP) is 0.252. The molecule has 1 amide bonds. The Bertz CT molecular complexity index is 1530. The number of nitrogens with one attached hydrogen (secondary N) is 1. The average molecular weight is 599 g/mol. The van der Waals surface area contributed by atoms with E-state index in [2.05, 4.69) is 5.32 Å². The zero-order valence-electron chi connectivity index (χ0n) is 24.3. The smallest absolute Gasteiger partial charge is 0.235 e. The molecule has 12 nitrogen and oxygen atoms in total. The topological polar surface area (TPSA) is 183 Å². The van der Waals surface area contributed by atoms with E-state index in [4.69, 9.17) is 10.2 Å². The minimum absolute atomic E-state index is 0.0350. The number of Topliss-reactive ketones (excluding diaryl/α,β-unsaturated/α-hetero) is 4. The van der Waals surface area contributed by atoms with Gasteiger partial charge in [0, 0.05) is 32.2 Å². The summed E-state index contributed by atoms with van der Waals surface area (Å²) in [5.74, 6) is -10.4. The second-order valence-corrected chi connectivity index (χ2v) is 12.0. The first-order chi connectivity index (χ1) is 20.2. The Kier molecular flexibility index (Phi) is 7.78. The molecule has 5 N–H and O–H groups in total. The maximum Gasteiger partial charge on any atom is 0.235 e. The van der Waals surface area contributed by atoms with Gasteiger partial charge in [-0.1, -0.05) is 0 Å². The summed E-state index contributed by atoms with van der Waals surface area (Å²) in [6.45, 7) is -0.176. The molecule has 6 atom stereocenters. The number of amides is 1. The molecule has 43 heavy (non-hydrogen) atoms. The lowest BCUT2D eigenvalue weighted by Crippen LogP contribution is -2.74. The Hall–Kier alpha value is -3.94. The summed E-state index contributed by atoms with van der Waals surface area (Å²) in [7, 11) is 6.60. The van der Waals surface area contributed by atoms with Crippen LogP contribution in [0.1, 0.15) is 28.1 Å². The van der Waals surface area contributed by atoms with Gasteiger partial charge in [-0.3, -0.25) is 28.9 Å². The number of alkyl halides is 1. The lowest BCUT2D eigenvalue weighted by atomic mass is 9.52. The van der Waals surface area contributed by atoms with Crippen molar-refractivity contribution in [3.8, 4) is 17.1 Å². The highest BCUT2D eigenvalue weighted by molar-refractivity contribution is 6.32. The molecule has 2 saturated carbocycles. The standard InChI is InChI=1S/C30H35FN4O8/c1-34(2)18-11-16(19-6-5-14(43-19)12-33-8-7-31)24(36)21-15(18)9-13-10-17-23(35(3)4)26(38)22(29(32)41)28(40)30(17,42)27(39)20(13)25(21)37/h5-6,11,13,17,20,22-23,33,36,42H,7-10,12H2,1-4H3,(H2,32,41)/t13-,17-,20?,22?,23-,30-/m0/s1. The van der Waals surface area contributed by atoms with E-state index in [1.165, 1.54) is 19.0 Å². The van der Waals surface area contributed by atoms with Gasteiger partial charge in [0.05, 0.1) is 29.6 Å². The fourth-order valence-corrected chi connectivity index (χ4v) is 7.14. The second-order valence-electron chi connectivity index (χ2n) is 12.0. The number of furan rings is 1. The number of phenols is 1. The number of hydrogen-bond acceptors (Lipinski definition) is 11. The number of fused-ring (bicyclic) bond motifs is 3. The van der Waals surface area contributed by atoms with Gasteiger partial charge in [0.25, 0.3) is 0 Å². The molecular formula is C30H35FN4O8. The van der Waals surface area contributed by atoms with Crippen molar-refractivity contribution in [1.29, 1.82) is 0 Å². The second kappa shape index (κ2) is 11.0. The van der Waals surface area contributed by atoms with Crippen LogP contribution in [0.5, 0.6) is 5.75 Å². The maximum absolute atomic E-state index is 14.2. The fourth-order valence-electron chi connectivity index (χ4n) is 7.14. The molecule has 0 aliphatic heterocycles. The summed E-state index contributed by atoms with van der Waals surface area (Å²) < 4.78 is 18.3. The van der Waals surface area contributed by atoms with Gasteiger partial charge in [-0.15, -0.1) is 0 Å². The molecule has 0 radical (unpaired) electrons. The molecule has 0 spiro atoms. The van der Waals surface area contributed by atoms with E-state index in [1.807, 2.05) is 0 Å². The Labute approximate surface area is 247 Å². The quantitative estimate of drug-likeness (QED) is 0.241. The number of halogens is 1. The van der Waals surface area contributed by atoms with E-state index in [0.717, 1.165) is 0 Å². The van der Waals surface area contributed by atoms with Crippen molar-refractivity contribution in [3.63, 3.8) is 0 Å². The first-order valence-corrected chi connectivity index (χ1v) is 14.0. The predicted molar refractivity (Wildman–Crippen MR) is 151 cm³/mol. The normalized spacial score (nSPS) is 28.5. The number of ketones is 4. The Morgan fingerprint density at radius 2 is 1.86 bits per heavy atom. The number of rotatable bonds is 8. The Balaban J connectivity index is 1.62. The summed E-state index contributed by atoms with van der Waals surface area (Å²) >= 11 is 0. The minimum atomic E-state index is -2.79. The van der Waals surface area contributed by atoms with Crippen molar-refractivity contribution < 1.29 is 43.0 Å². The molecule has 0 bridgehead atoms. The minimum Gasteiger partial charge on any atom is -0.506 e. The van der Waals surface area contributed by atoms with E-state index in [9.17, 15) is 38.6 Å². The number of aromatic hydroxyl groups is 1. The number of carbonyl (C=O) groups is 5. The summed E-state index contributed by atoms with van der Waals surface area (Å²) in [5.41, 5.74) is 3.72. The third kappa shape index (κ3) is 4.57. The number of nitrogens with zero attached hydrogens (tertiary/aromatic N) is 2. The van der Waals surface area contributed by atoms with Crippen LogP contribution in [0.3, 0.4) is 0 Å². The van der Waals surface area contributed by atoms with Gasteiger partial charge >= 0.3 is 0 Å². The summed E-state index contributed by atoms with van der Waals surface area (Å²) in [6, 6.07) is 3.76. The SMILES string of the molecule is CN(C)c1cc(-c2ccc(CNCCF)o2)c(O)c2c1C[C@H]1C[C@H]3[C@H](N(C)C)C(=O)C(C(N)=O)C(=O)[C@@]3(O)C(=O)C1C2=O. The number of nitrogens with two attached hydrogens (primary N) is 1. The van der Waals surface area contributed by atoms with Crippen LogP contribution in [0.4, 0.5) is 10.1 Å². The number of aliphatic hydroxyl groups is 1. The molecular weight excluding hydrogens is 563 g/mol. The van der Waals surface area contributed by atoms with Crippen LogP contribution in [0, 0.1) is 23.7 Å². The zero-order valence-corrected chi connectivity index (χ0v) is 24.3. The van der Waals surface area contributed by atoms with Crippen molar-refractivity contribution in [2.75, 3.05) is 46.3 Å². The van der Waals surface area contributed by atoms with E-state index in [0.29, 0.717) is 17.0 Å². The van der Waals surface area contributed by atoms with E-state index >= 15 is 0 Å². The number of phenolic OH excluding ortho intramolecular Hbond substituents is 1.